The maximum atomic E-state index is 11.9. The molecule has 5 nitrogen and oxygen atoms in total. The minimum Gasteiger partial charge on any atom is -0.493 e. The van der Waals surface area contributed by atoms with E-state index in [0.717, 1.165) is 29.4 Å². The molecule has 1 heterocycles. The molecule has 3 aromatic rings. The molecule has 0 aliphatic rings. The Bertz CT molecular complexity index is 987. The number of unbranched alkanes of at least 4 members (excludes halogenated alkanes) is 1. The van der Waals surface area contributed by atoms with Gasteiger partial charge in [-0.3, -0.25) is 4.79 Å². The lowest BCUT2D eigenvalue weighted by Gasteiger charge is -2.13. The fourth-order valence-electron chi connectivity index (χ4n) is 3.01. The van der Waals surface area contributed by atoms with Crippen LogP contribution in [0.2, 0.25) is 0 Å². The Kier molecular flexibility index (Phi) is 5.60. The van der Waals surface area contributed by atoms with Crippen LogP contribution in [0.5, 0.6) is 5.75 Å². The Labute approximate surface area is 158 Å². The highest BCUT2D eigenvalue weighted by Gasteiger charge is 2.13. The third-order valence-electron chi connectivity index (χ3n) is 4.49. The van der Waals surface area contributed by atoms with Gasteiger partial charge >= 0.3 is 5.97 Å². The number of rotatable bonds is 7. The monoisotopic (exact) mass is 365 g/mol. The van der Waals surface area contributed by atoms with E-state index in [0.29, 0.717) is 23.5 Å². The Morgan fingerprint density at radius 1 is 1.07 bits per heavy atom. The summed E-state index contributed by atoms with van der Waals surface area (Å²) in [6.45, 7) is 4.22. The molecule has 0 aliphatic heterocycles. The lowest BCUT2D eigenvalue weighted by atomic mass is 10.1. The zero-order valence-corrected chi connectivity index (χ0v) is 15.8. The number of fused-ring (bicyclic) bond motifs is 1. The summed E-state index contributed by atoms with van der Waals surface area (Å²) >= 11 is 0. The average Bonchev–Trinajstić information content (AvgIpc) is 3.10. The molecule has 27 heavy (non-hydrogen) atoms. The first-order valence-electron chi connectivity index (χ1n) is 9.02. The predicted octanol–water partition coefficient (Wildman–Crippen LogP) is 4.80. The maximum absolute atomic E-state index is 11.9. The molecule has 0 N–H and O–H groups in total. The largest absolute Gasteiger partial charge is 0.493 e. The molecule has 0 bridgehead atoms. The minimum atomic E-state index is -0.359. The number of Topliss-reactive ketones (excluding diaryl/α,β-unsaturated/α-hetero) is 1. The Hall–Kier alpha value is -3.08. The van der Waals surface area contributed by atoms with Gasteiger partial charge in [-0.1, -0.05) is 13.3 Å². The number of nitrogens with zero attached hydrogens (tertiary/aromatic N) is 1. The number of ketones is 1. The predicted molar refractivity (Wildman–Crippen MR) is 105 cm³/mol. The van der Waals surface area contributed by atoms with Crippen molar-refractivity contribution in [2.45, 2.75) is 26.7 Å². The van der Waals surface area contributed by atoms with Crippen molar-refractivity contribution >= 4 is 22.7 Å². The molecule has 5 heteroatoms. The van der Waals surface area contributed by atoms with Gasteiger partial charge in [-0.25, -0.2) is 4.79 Å². The van der Waals surface area contributed by atoms with E-state index >= 15 is 0 Å². The van der Waals surface area contributed by atoms with Crippen LogP contribution in [0.4, 0.5) is 0 Å². The molecular formula is C22H23NO4. The third-order valence-corrected chi connectivity index (χ3v) is 4.49. The normalized spacial score (nSPS) is 10.8. The van der Waals surface area contributed by atoms with Crippen LogP contribution in [-0.2, 0) is 4.74 Å². The van der Waals surface area contributed by atoms with Gasteiger partial charge in [0.15, 0.2) is 5.78 Å². The molecule has 3 rings (SSSR count). The number of carbonyl (C=O) groups is 2. The molecule has 0 saturated heterocycles. The quantitative estimate of drug-likeness (QED) is 0.343. The van der Waals surface area contributed by atoms with E-state index in [-0.39, 0.29) is 11.8 Å². The first kappa shape index (κ1) is 18.7. The van der Waals surface area contributed by atoms with Crippen LogP contribution in [0.3, 0.4) is 0 Å². The van der Waals surface area contributed by atoms with Crippen molar-refractivity contribution in [3.05, 3.63) is 59.8 Å². The van der Waals surface area contributed by atoms with Gasteiger partial charge in [0.05, 0.1) is 30.4 Å². The van der Waals surface area contributed by atoms with E-state index in [2.05, 4.69) is 6.92 Å². The van der Waals surface area contributed by atoms with Crippen LogP contribution in [0.25, 0.3) is 16.6 Å². The van der Waals surface area contributed by atoms with Gasteiger partial charge in [0.1, 0.15) is 5.75 Å². The van der Waals surface area contributed by atoms with Crippen LogP contribution >= 0.6 is 0 Å². The van der Waals surface area contributed by atoms with Crippen molar-refractivity contribution in [1.82, 2.24) is 4.57 Å². The molecule has 140 valence electrons. The maximum Gasteiger partial charge on any atom is 0.337 e. The van der Waals surface area contributed by atoms with E-state index in [9.17, 15) is 9.59 Å². The summed E-state index contributed by atoms with van der Waals surface area (Å²) in [5.41, 5.74) is 2.95. The molecule has 0 saturated carbocycles. The first-order valence-corrected chi connectivity index (χ1v) is 9.02. The third kappa shape index (κ3) is 3.87. The fraction of sp³-hybridized carbons (Fsp3) is 0.273. The molecular weight excluding hydrogens is 342 g/mol. The van der Waals surface area contributed by atoms with Gasteiger partial charge in [-0.2, -0.15) is 0 Å². The van der Waals surface area contributed by atoms with Crippen molar-refractivity contribution in [3.63, 3.8) is 0 Å². The lowest BCUT2D eigenvalue weighted by Crippen LogP contribution is -2.04. The summed E-state index contributed by atoms with van der Waals surface area (Å²) in [6.07, 6.45) is 3.90. The van der Waals surface area contributed by atoms with E-state index in [1.54, 1.807) is 25.1 Å². The molecule has 0 amide bonds. The van der Waals surface area contributed by atoms with Crippen molar-refractivity contribution < 1.29 is 19.1 Å². The minimum absolute atomic E-state index is 0.0202. The van der Waals surface area contributed by atoms with Gasteiger partial charge in [0.2, 0.25) is 0 Å². The van der Waals surface area contributed by atoms with Gasteiger partial charge in [-0.15, -0.1) is 0 Å². The molecule has 0 aliphatic carbocycles. The highest BCUT2D eigenvalue weighted by molar-refractivity contribution is 5.97. The second-order valence-electron chi connectivity index (χ2n) is 6.39. The number of benzene rings is 2. The summed E-state index contributed by atoms with van der Waals surface area (Å²) in [7, 11) is 1.37. The van der Waals surface area contributed by atoms with Crippen molar-refractivity contribution in [2.24, 2.45) is 0 Å². The molecule has 0 unspecified atom stereocenters. The lowest BCUT2D eigenvalue weighted by molar-refractivity contribution is 0.0600. The number of methoxy groups -OCH3 is 1. The molecule has 0 radical (unpaired) electrons. The van der Waals surface area contributed by atoms with Gasteiger partial charge < -0.3 is 14.0 Å². The van der Waals surface area contributed by atoms with Crippen LogP contribution in [0.15, 0.2) is 48.7 Å². The average molecular weight is 365 g/mol. The Morgan fingerprint density at radius 3 is 2.59 bits per heavy atom. The second-order valence-corrected chi connectivity index (χ2v) is 6.39. The topological polar surface area (TPSA) is 57.5 Å². The summed E-state index contributed by atoms with van der Waals surface area (Å²) < 4.78 is 12.6. The number of aromatic nitrogens is 1. The summed E-state index contributed by atoms with van der Waals surface area (Å²) in [6, 6.07) is 13.0. The van der Waals surface area contributed by atoms with Gasteiger partial charge in [0, 0.05) is 23.3 Å². The summed E-state index contributed by atoms with van der Waals surface area (Å²) in [5.74, 6) is 0.219. The number of hydrogen-bond donors (Lipinski definition) is 0. The molecule has 0 spiro atoms. The van der Waals surface area contributed by atoms with E-state index in [4.69, 9.17) is 9.47 Å². The number of carbonyl (C=O) groups excluding carboxylic acids is 2. The smallest absolute Gasteiger partial charge is 0.337 e. The van der Waals surface area contributed by atoms with E-state index in [1.165, 1.54) is 7.11 Å². The van der Waals surface area contributed by atoms with Gasteiger partial charge in [0.25, 0.3) is 0 Å². The van der Waals surface area contributed by atoms with Crippen LogP contribution in [0.1, 0.15) is 47.4 Å². The molecule has 2 aromatic carbocycles. The van der Waals surface area contributed by atoms with E-state index < -0.39 is 0 Å². The molecule has 1 aromatic heterocycles. The van der Waals surface area contributed by atoms with Crippen LogP contribution in [-0.4, -0.2) is 30.0 Å². The second kappa shape index (κ2) is 8.08. The summed E-state index contributed by atoms with van der Waals surface area (Å²) in [5, 5.41) is 0.932. The first-order chi connectivity index (χ1) is 13.0. The van der Waals surface area contributed by atoms with Crippen LogP contribution in [0, 0.1) is 0 Å². The number of esters is 1. The Morgan fingerprint density at radius 2 is 1.89 bits per heavy atom. The fourth-order valence-corrected chi connectivity index (χ4v) is 3.01. The Balaban J connectivity index is 2.01. The zero-order valence-electron chi connectivity index (χ0n) is 15.8. The van der Waals surface area contributed by atoms with Crippen molar-refractivity contribution in [2.75, 3.05) is 13.7 Å². The SMILES string of the molecule is CCCCOc1cc(-n2ccc3cc(C(=O)OC)ccc32)ccc1C(C)=O. The molecule has 0 fully saturated rings. The van der Waals surface area contributed by atoms with Crippen LogP contribution < -0.4 is 4.74 Å². The van der Waals surface area contributed by atoms with Crippen molar-refractivity contribution in [3.8, 4) is 11.4 Å². The van der Waals surface area contributed by atoms with Gasteiger partial charge in [-0.05, 0) is 49.7 Å². The van der Waals surface area contributed by atoms with E-state index in [1.807, 2.05) is 35.0 Å². The number of hydrogen-bond acceptors (Lipinski definition) is 4. The standard InChI is InChI=1S/C22H23NO4/c1-4-5-12-27-21-14-18(7-8-19(21)15(2)24)23-11-10-16-13-17(22(25)26-3)6-9-20(16)23/h6-11,13-14H,4-5,12H2,1-3H3. The summed E-state index contributed by atoms with van der Waals surface area (Å²) in [4.78, 5) is 23.6. The highest BCUT2D eigenvalue weighted by Crippen LogP contribution is 2.27. The van der Waals surface area contributed by atoms with Crippen molar-refractivity contribution in [1.29, 1.82) is 0 Å². The molecule has 0 atom stereocenters. The zero-order chi connectivity index (χ0) is 19.4. The number of ether oxygens (including phenoxy) is 2. The highest BCUT2D eigenvalue weighted by atomic mass is 16.5.